The van der Waals surface area contributed by atoms with Crippen molar-refractivity contribution in [2.45, 2.75) is 53.9 Å². The summed E-state index contributed by atoms with van der Waals surface area (Å²) in [6.07, 6.45) is 1.28. The van der Waals surface area contributed by atoms with E-state index in [1.807, 2.05) is 34.6 Å². The Labute approximate surface area is 104 Å². The van der Waals surface area contributed by atoms with Gasteiger partial charge >= 0.3 is 5.97 Å². The number of aliphatic carboxylic acids is 1. The summed E-state index contributed by atoms with van der Waals surface area (Å²) < 4.78 is 0. The number of nitrogens with one attached hydrogen (secondary N) is 1. The van der Waals surface area contributed by atoms with Gasteiger partial charge in [0.15, 0.2) is 0 Å². The Balaban J connectivity index is 4.41. The van der Waals surface area contributed by atoms with Gasteiger partial charge in [0.25, 0.3) is 0 Å². The van der Waals surface area contributed by atoms with Crippen LogP contribution in [0.2, 0.25) is 0 Å². The van der Waals surface area contributed by atoms with Crippen LogP contribution in [0.3, 0.4) is 0 Å². The van der Waals surface area contributed by atoms with E-state index in [2.05, 4.69) is 5.32 Å². The molecule has 0 aromatic heterocycles. The molecule has 0 aliphatic rings. The van der Waals surface area contributed by atoms with Crippen molar-refractivity contribution in [3.8, 4) is 0 Å². The van der Waals surface area contributed by atoms with E-state index in [0.29, 0.717) is 19.4 Å². The predicted octanol–water partition coefficient (Wildman–Crippen LogP) is 2.43. The van der Waals surface area contributed by atoms with Crippen molar-refractivity contribution >= 4 is 11.9 Å². The van der Waals surface area contributed by atoms with Crippen LogP contribution in [0.15, 0.2) is 0 Å². The number of hydrogen-bond acceptors (Lipinski definition) is 2. The first-order chi connectivity index (χ1) is 7.58. The van der Waals surface area contributed by atoms with Crippen LogP contribution in [0, 0.1) is 10.8 Å². The van der Waals surface area contributed by atoms with Gasteiger partial charge in [-0.3, -0.25) is 9.59 Å². The zero-order valence-corrected chi connectivity index (χ0v) is 11.6. The molecule has 0 aliphatic heterocycles. The lowest BCUT2D eigenvalue weighted by Gasteiger charge is -2.33. The van der Waals surface area contributed by atoms with Gasteiger partial charge in [-0.05, 0) is 24.2 Å². The number of hydrogen-bond donors (Lipinski definition) is 2. The van der Waals surface area contributed by atoms with E-state index in [0.717, 1.165) is 0 Å². The third-order valence-electron chi connectivity index (χ3n) is 2.60. The van der Waals surface area contributed by atoms with Crippen LogP contribution in [-0.2, 0) is 9.59 Å². The van der Waals surface area contributed by atoms with Gasteiger partial charge in [0.1, 0.15) is 0 Å². The van der Waals surface area contributed by atoms with E-state index in [1.54, 1.807) is 0 Å². The largest absolute Gasteiger partial charge is 0.481 e. The molecule has 0 spiro atoms. The Bertz CT molecular complexity index is 282. The molecule has 0 rings (SSSR count). The molecule has 1 amide bonds. The van der Waals surface area contributed by atoms with Crippen molar-refractivity contribution in [2.24, 2.45) is 10.8 Å². The average molecular weight is 243 g/mol. The number of amides is 1. The Morgan fingerprint density at radius 1 is 1.06 bits per heavy atom. The third kappa shape index (κ3) is 7.77. The predicted molar refractivity (Wildman–Crippen MR) is 67.7 cm³/mol. The van der Waals surface area contributed by atoms with Crippen molar-refractivity contribution in [3.63, 3.8) is 0 Å². The molecule has 0 heterocycles. The highest BCUT2D eigenvalue weighted by Crippen LogP contribution is 2.38. The Morgan fingerprint density at radius 3 is 1.94 bits per heavy atom. The molecule has 17 heavy (non-hydrogen) atoms. The van der Waals surface area contributed by atoms with Gasteiger partial charge in [0.05, 0.1) is 6.42 Å². The first-order valence-corrected chi connectivity index (χ1v) is 6.06. The maximum atomic E-state index is 11.5. The molecule has 4 nitrogen and oxygen atoms in total. The summed E-state index contributed by atoms with van der Waals surface area (Å²) in [4.78, 5) is 22.3. The Kier molecular flexibility index (Phi) is 5.66. The smallest absolute Gasteiger partial charge is 0.303 e. The number of carboxylic acids is 1. The minimum absolute atomic E-state index is 0.0311. The fraction of sp³-hybridized carbons (Fsp3) is 0.846. The highest BCUT2D eigenvalue weighted by molar-refractivity contribution is 5.76. The van der Waals surface area contributed by atoms with Crippen LogP contribution in [-0.4, -0.2) is 23.5 Å². The maximum absolute atomic E-state index is 11.5. The van der Waals surface area contributed by atoms with E-state index in [-0.39, 0.29) is 23.2 Å². The van der Waals surface area contributed by atoms with Gasteiger partial charge in [-0.1, -0.05) is 27.7 Å². The van der Waals surface area contributed by atoms with E-state index >= 15 is 0 Å². The lowest BCUT2D eigenvalue weighted by molar-refractivity contribution is -0.139. The summed E-state index contributed by atoms with van der Waals surface area (Å²) in [6, 6.07) is 0. The van der Waals surface area contributed by atoms with Crippen LogP contribution in [0.25, 0.3) is 0 Å². The van der Waals surface area contributed by atoms with Gasteiger partial charge in [-0.15, -0.1) is 0 Å². The lowest BCUT2D eigenvalue weighted by Crippen LogP contribution is -2.32. The molecule has 100 valence electrons. The molecular formula is C13H25NO3. The van der Waals surface area contributed by atoms with Crippen molar-refractivity contribution in [2.75, 3.05) is 6.54 Å². The maximum Gasteiger partial charge on any atom is 0.303 e. The van der Waals surface area contributed by atoms with Crippen LogP contribution in [0.4, 0.5) is 0 Å². The second-order valence-electron chi connectivity index (χ2n) is 6.21. The zero-order chi connectivity index (χ0) is 13.7. The first-order valence-electron chi connectivity index (χ1n) is 6.06. The molecule has 0 unspecified atom stereocenters. The molecule has 0 bridgehead atoms. The second-order valence-corrected chi connectivity index (χ2v) is 6.21. The molecule has 2 N–H and O–H groups in total. The molecule has 0 radical (unpaired) electrons. The van der Waals surface area contributed by atoms with E-state index in [1.165, 1.54) is 0 Å². The van der Waals surface area contributed by atoms with Crippen LogP contribution >= 0.6 is 0 Å². The van der Waals surface area contributed by atoms with Gasteiger partial charge in [-0.2, -0.15) is 0 Å². The number of carboxylic acid groups (broad SMARTS) is 1. The molecule has 0 aromatic rings. The minimum Gasteiger partial charge on any atom is -0.481 e. The molecule has 0 aliphatic carbocycles. The quantitative estimate of drug-likeness (QED) is 0.721. The number of rotatable bonds is 7. The Morgan fingerprint density at radius 2 is 1.53 bits per heavy atom. The van der Waals surface area contributed by atoms with Crippen LogP contribution in [0.1, 0.15) is 53.9 Å². The number of carbonyl (C=O) groups excluding carboxylic acids is 1. The van der Waals surface area contributed by atoms with Crippen molar-refractivity contribution in [1.29, 1.82) is 0 Å². The van der Waals surface area contributed by atoms with E-state index in [9.17, 15) is 9.59 Å². The first kappa shape index (κ1) is 15.9. The number of carbonyl (C=O) groups is 2. The van der Waals surface area contributed by atoms with E-state index < -0.39 is 5.97 Å². The van der Waals surface area contributed by atoms with Crippen molar-refractivity contribution < 1.29 is 14.7 Å². The SMILES string of the molecule is CCNC(=O)CC(C)(C)CC(C)(C)CC(=O)O. The normalized spacial score (nSPS) is 12.3. The van der Waals surface area contributed by atoms with Crippen molar-refractivity contribution in [3.05, 3.63) is 0 Å². The lowest BCUT2D eigenvalue weighted by atomic mass is 9.72. The van der Waals surface area contributed by atoms with Crippen molar-refractivity contribution in [1.82, 2.24) is 5.32 Å². The van der Waals surface area contributed by atoms with Crippen LogP contribution in [0.5, 0.6) is 0 Å². The molecule has 0 saturated carbocycles. The van der Waals surface area contributed by atoms with Gasteiger partial charge in [0.2, 0.25) is 5.91 Å². The highest BCUT2D eigenvalue weighted by Gasteiger charge is 2.32. The average Bonchev–Trinajstić information content (AvgIpc) is 1.96. The molecule has 0 atom stereocenters. The van der Waals surface area contributed by atoms with Crippen LogP contribution < -0.4 is 5.32 Å². The Hall–Kier alpha value is -1.06. The second kappa shape index (κ2) is 6.03. The molecule has 0 saturated heterocycles. The summed E-state index contributed by atoms with van der Waals surface area (Å²) in [5.74, 6) is -0.757. The molecule has 4 heteroatoms. The zero-order valence-electron chi connectivity index (χ0n) is 11.6. The standard InChI is InChI=1S/C13H25NO3/c1-6-14-10(15)7-12(2,3)9-13(4,5)8-11(16)17/h6-9H2,1-5H3,(H,14,15)(H,16,17). The fourth-order valence-electron chi connectivity index (χ4n) is 2.52. The summed E-state index contributed by atoms with van der Waals surface area (Å²) in [5, 5.41) is 11.6. The van der Waals surface area contributed by atoms with Gasteiger partial charge in [-0.25, -0.2) is 0 Å². The van der Waals surface area contributed by atoms with Gasteiger partial charge < -0.3 is 10.4 Å². The minimum atomic E-state index is -0.788. The summed E-state index contributed by atoms with van der Waals surface area (Å²) in [6.45, 7) is 10.4. The van der Waals surface area contributed by atoms with E-state index in [4.69, 9.17) is 5.11 Å². The van der Waals surface area contributed by atoms with Gasteiger partial charge in [0, 0.05) is 13.0 Å². The summed E-state index contributed by atoms with van der Waals surface area (Å²) >= 11 is 0. The summed E-state index contributed by atoms with van der Waals surface area (Å²) in [5.41, 5.74) is -0.472. The molecular weight excluding hydrogens is 218 g/mol. The molecule has 0 fully saturated rings. The third-order valence-corrected chi connectivity index (χ3v) is 2.60. The summed E-state index contributed by atoms with van der Waals surface area (Å²) in [7, 11) is 0. The fourth-order valence-corrected chi connectivity index (χ4v) is 2.52. The highest BCUT2D eigenvalue weighted by atomic mass is 16.4. The monoisotopic (exact) mass is 243 g/mol. The topological polar surface area (TPSA) is 66.4 Å². The molecule has 0 aromatic carbocycles.